The summed E-state index contributed by atoms with van der Waals surface area (Å²) in [6, 6.07) is 9.37. The van der Waals surface area contributed by atoms with Crippen molar-refractivity contribution in [1.82, 2.24) is 29.3 Å². The average molecular weight is 428 g/mol. The standard InChI is InChI=1S/C23H20N6O3/c1-31-21-9-16(10-25-22(21)32-2)19-4-3-18-20(27-19)14-29(23(18)30)17-11-26-28(13-17)12-15-5-7-24-8-6-15/h3-11,13-14,30H,12H2,1-2H3. The Balaban J connectivity index is 1.48. The van der Waals surface area contributed by atoms with Crippen molar-refractivity contribution in [3.63, 3.8) is 0 Å². The van der Waals surface area contributed by atoms with E-state index in [2.05, 4.69) is 15.1 Å². The van der Waals surface area contributed by atoms with Gasteiger partial charge in [0.15, 0.2) is 5.75 Å². The van der Waals surface area contributed by atoms with Gasteiger partial charge in [0, 0.05) is 36.5 Å². The van der Waals surface area contributed by atoms with Gasteiger partial charge >= 0.3 is 0 Å². The first-order valence-electron chi connectivity index (χ1n) is 9.87. The Morgan fingerprint density at radius 2 is 1.84 bits per heavy atom. The summed E-state index contributed by atoms with van der Waals surface area (Å²) in [5.74, 6) is 1.03. The summed E-state index contributed by atoms with van der Waals surface area (Å²) in [6.07, 6.45) is 10.5. The third kappa shape index (κ3) is 3.49. The monoisotopic (exact) mass is 428 g/mol. The van der Waals surface area contributed by atoms with Gasteiger partial charge in [0.05, 0.1) is 49.2 Å². The molecule has 5 heterocycles. The van der Waals surface area contributed by atoms with E-state index in [-0.39, 0.29) is 5.88 Å². The smallest absolute Gasteiger partial charge is 0.256 e. The second kappa shape index (κ2) is 8.03. The maximum Gasteiger partial charge on any atom is 0.256 e. The van der Waals surface area contributed by atoms with Crippen molar-refractivity contribution in [2.45, 2.75) is 6.54 Å². The number of fused-ring (bicyclic) bond motifs is 1. The van der Waals surface area contributed by atoms with Crippen LogP contribution in [0.15, 0.2) is 67.5 Å². The van der Waals surface area contributed by atoms with Gasteiger partial charge in [-0.3, -0.25) is 14.2 Å². The fourth-order valence-corrected chi connectivity index (χ4v) is 3.54. The van der Waals surface area contributed by atoms with Crippen molar-refractivity contribution in [2.24, 2.45) is 0 Å². The molecule has 5 rings (SSSR count). The molecule has 160 valence electrons. The molecule has 0 aliphatic rings. The number of aromatic nitrogens is 6. The summed E-state index contributed by atoms with van der Waals surface area (Å²) in [4.78, 5) is 13.0. The lowest BCUT2D eigenvalue weighted by atomic mass is 10.1. The predicted molar refractivity (Wildman–Crippen MR) is 118 cm³/mol. The van der Waals surface area contributed by atoms with Crippen LogP contribution in [0.25, 0.3) is 27.8 Å². The predicted octanol–water partition coefficient (Wildman–Crippen LogP) is 3.45. The molecule has 5 aromatic rings. The number of hydrogen-bond acceptors (Lipinski definition) is 7. The molecule has 0 radical (unpaired) electrons. The van der Waals surface area contributed by atoms with E-state index in [1.807, 2.05) is 41.2 Å². The Morgan fingerprint density at radius 3 is 2.62 bits per heavy atom. The summed E-state index contributed by atoms with van der Waals surface area (Å²) < 4.78 is 14.0. The van der Waals surface area contributed by atoms with Crippen LogP contribution in [0.4, 0.5) is 0 Å². The number of methoxy groups -OCH3 is 2. The second-order valence-electron chi connectivity index (χ2n) is 7.14. The SMILES string of the molecule is COc1cc(-c2ccc3c(O)n(-c4cnn(Cc5ccncc5)c4)cc3n2)cnc1OC. The van der Waals surface area contributed by atoms with Crippen LogP contribution in [0.1, 0.15) is 5.56 Å². The van der Waals surface area contributed by atoms with E-state index in [0.29, 0.717) is 34.8 Å². The Bertz CT molecular complexity index is 1390. The number of hydrogen-bond donors (Lipinski definition) is 1. The van der Waals surface area contributed by atoms with Gasteiger partial charge in [-0.15, -0.1) is 0 Å². The van der Waals surface area contributed by atoms with E-state index < -0.39 is 0 Å². The first-order valence-corrected chi connectivity index (χ1v) is 9.87. The molecule has 0 aliphatic heterocycles. The molecule has 0 atom stereocenters. The molecule has 0 fully saturated rings. The number of nitrogens with zero attached hydrogens (tertiary/aromatic N) is 6. The van der Waals surface area contributed by atoms with E-state index in [9.17, 15) is 5.11 Å². The zero-order valence-electron chi connectivity index (χ0n) is 17.5. The topological polar surface area (TPSA) is 100 Å². The molecular formula is C23H20N6O3. The van der Waals surface area contributed by atoms with Gasteiger partial charge in [0.2, 0.25) is 5.88 Å². The van der Waals surface area contributed by atoms with Crippen LogP contribution in [0, 0.1) is 0 Å². The lowest BCUT2D eigenvalue weighted by Crippen LogP contribution is -1.99. The first kappa shape index (κ1) is 19.6. The number of aromatic hydroxyl groups is 1. The van der Waals surface area contributed by atoms with Crippen molar-refractivity contribution in [3.05, 3.63) is 73.1 Å². The molecule has 0 saturated heterocycles. The van der Waals surface area contributed by atoms with E-state index in [0.717, 1.165) is 16.8 Å². The molecule has 0 saturated carbocycles. The third-order valence-corrected chi connectivity index (χ3v) is 5.16. The minimum Gasteiger partial charge on any atom is -0.494 e. The van der Waals surface area contributed by atoms with Crippen LogP contribution in [0.5, 0.6) is 17.5 Å². The highest BCUT2D eigenvalue weighted by Crippen LogP contribution is 2.33. The molecule has 32 heavy (non-hydrogen) atoms. The third-order valence-electron chi connectivity index (χ3n) is 5.16. The van der Waals surface area contributed by atoms with Crippen molar-refractivity contribution < 1.29 is 14.6 Å². The quantitative estimate of drug-likeness (QED) is 0.442. The number of pyridine rings is 3. The van der Waals surface area contributed by atoms with E-state index in [4.69, 9.17) is 14.5 Å². The molecule has 0 aromatic carbocycles. The van der Waals surface area contributed by atoms with Crippen LogP contribution in [-0.4, -0.2) is 48.6 Å². The molecule has 0 aliphatic carbocycles. The lowest BCUT2D eigenvalue weighted by Gasteiger charge is -2.08. The zero-order valence-corrected chi connectivity index (χ0v) is 17.5. The van der Waals surface area contributed by atoms with Gasteiger partial charge in [-0.25, -0.2) is 9.97 Å². The van der Waals surface area contributed by atoms with Gasteiger partial charge in [-0.2, -0.15) is 5.10 Å². The van der Waals surface area contributed by atoms with Gasteiger partial charge in [-0.05, 0) is 35.9 Å². The fourth-order valence-electron chi connectivity index (χ4n) is 3.54. The van der Waals surface area contributed by atoms with Gasteiger partial charge in [-0.1, -0.05) is 0 Å². The summed E-state index contributed by atoms with van der Waals surface area (Å²) in [7, 11) is 3.10. The fraction of sp³-hybridized carbons (Fsp3) is 0.130. The van der Waals surface area contributed by atoms with Crippen molar-refractivity contribution >= 4 is 10.9 Å². The van der Waals surface area contributed by atoms with Gasteiger partial charge < -0.3 is 14.6 Å². The number of rotatable bonds is 6. The lowest BCUT2D eigenvalue weighted by molar-refractivity contribution is 0.343. The second-order valence-corrected chi connectivity index (χ2v) is 7.14. The van der Waals surface area contributed by atoms with Gasteiger partial charge in [0.1, 0.15) is 0 Å². The molecule has 1 N–H and O–H groups in total. The van der Waals surface area contributed by atoms with Crippen LogP contribution in [0.2, 0.25) is 0 Å². The molecule has 9 heteroatoms. The molecule has 0 unspecified atom stereocenters. The molecular weight excluding hydrogens is 408 g/mol. The largest absolute Gasteiger partial charge is 0.494 e. The van der Waals surface area contributed by atoms with Crippen molar-refractivity contribution in [1.29, 1.82) is 0 Å². The summed E-state index contributed by atoms with van der Waals surface area (Å²) in [5, 5.41) is 15.8. The normalized spacial score (nSPS) is 11.1. The maximum atomic E-state index is 10.8. The van der Waals surface area contributed by atoms with Crippen LogP contribution < -0.4 is 9.47 Å². The Morgan fingerprint density at radius 1 is 1.00 bits per heavy atom. The van der Waals surface area contributed by atoms with E-state index in [1.54, 1.807) is 49.8 Å². The zero-order chi connectivity index (χ0) is 22.1. The molecule has 0 bridgehead atoms. The highest BCUT2D eigenvalue weighted by Gasteiger charge is 2.15. The summed E-state index contributed by atoms with van der Waals surface area (Å²) >= 11 is 0. The molecule has 0 spiro atoms. The minimum absolute atomic E-state index is 0.105. The maximum absolute atomic E-state index is 10.8. The molecule has 5 aromatic heterocycles. The molecule has 9 nitrogen and oxygen atoms in total. The summed E-state index contributed by atoms with van der Waals surface area (Å²) in [6.45, 7) is 0.610. The van der Waals surface area contributed by atoms with Gasteiger partial charge in [0.25, 0.3) is 5.88 Å². The number of ether oxygens (including phenoxy) is 2. The average Bonchev–Trinajstić information content (AvgIpc) is 3.43. The Labute approximate surface area is 183 Å². The molecule has 0 amide bonds. The highest BCUT2D eigenvalue weighted by atomic mass is 16.5. The van der Waals surface area contributed by atoms with E-state index in [1.165, 1.54) is 0 Å². The Kier molecular flexibility index (Phi) is 4.91. The van der Waals surface area contributed by atoms with Crippen molar-refractivity contribution in [2.75, 3.05) is 14.2 Å². The van der Waals surface area contributed by atoms with Crippen molar-refractivity contribution in [3.8, 4) is 34.5 Å². The highest BCUT2D eigenvalue weighted by molar-refractivity contribution is 5.87. The van der Waals surface area contributed by atoms with E-state index >= 15 is 0 Å². The first-order chi connectivity index (χ1) is 15.7. The minimum atomic E-state index is 0.105. The Hall–Kier alpha value is -4.40. The summed E-state index contributed by atoms with van der Waals surface area (Å²) in [5.41, 5.74) is 3.96. The van der Waals surface area contributed by atoms with Crippen LogP contribution >= 0.6 is 0 Å². The van der Waals surface area contributed by atoms with Crippen LogP contribution in [0.3, 0.4) is 0 Å². The van der Waals surface area contributed by atoms with Crippen LogP contribution in [-0.2, 0) is 6.54 Å².